The van der Waals surface area contributed by atoms with Gasteiger partial charge in [-0.15, -0.1) is 10.2 Å². The first kappa shape index (κ1) is 12.5. The molecule has 2 aromatic heterocycles. The van der Waals surface area contributed by atoms with E-state index in [1.54, 1.807) is 6.33 Å². The van der Waals surface area contributed by atoms with Gasteiger partial charge in [0.1, 0.15) is 12.2 Å². The molecule has 0 fully saturated rings. The molecule has 4 rings (SSSR count). The molecular formula is C16H11BrN4. The van der Waals surface area contributed by atoms with Crippen molar-refractivity contribution in [2.24, 2.45) is 0 Å². The van der Waals surface area contributed by atoms with Crippen LogP contribution >= 0.6 is 15.9 Å². The minimum Gasteiger partial charge on any atom is -0.265 e. The normalized spacial score (nSPS) is 11.3. The van der Waals surface area contributed by atoms with Gasteiger partial charge in [0, 0.05) is 15.4 Å². The predicted molar refractivity (Wildman–Crippen MR) is 86.2 cm³/mol. The van der Waals surface area contributed by atoms with E-state index in [2.05, 4.69) is 45.2 Å². The number of hydrogen-bond donors (Lipinski definition) is 0. The molecule has 5 heteroatoms. The third-order valence-corrected chi connectivity index (χ3v) is 4.08. The fraction of sp³-hybridized carbons (Fsp3) is 0.0625. The van der Waals surface area contributed by atoms with Crippen LogP contribution in [0.2, 0.25) is 0 Å². The van der Waals surface area contributed by atoms with E-state index < -0.39 is 0 Å². The average Bonchev–Trinajstić information content (AvgIpc) is 2.97. The Morgan fingerprint density at radius 2 is 1.90 bits per heavy atom. The van der Waals surface area contributed by atoms with Crippen LogP contribution in [0.25, 0.3) is 27.9 Å². The van der Waals surface area contributed by atoms with Gasteiger partial charge < -0.3 is 0 Å². The van der Waals surface area contributed by atoms with Crippen LogP contribution in [0.1, 0.15) is 5.56 Å². The van der Waals surface area contributed by atoms with Crippen LogP contribution in [-0.4, -0.2) is 19.6 Å². The highest BCUT2D eigenvalue weighted by Crippen LogP contribution is 2.29. The Bertz CT molecular complexity index is 960. The van der Waals surface area contributed by atoms with Gasteiger partial charge in [0.25, 0.3) is 0 Å². The van der Waals surface area contributed by atoms with E-state index in [1.807, 2.05) is 34.7 Å². The summed E-state index contributed by atoms with van der Waals surface area (Å²) in [5, 5.41) is 9.32. The van der Waals surface area contributed by atoms with Gasteiger partial charge in [0.2, 0.25) is 0 Å². The lowest BCUT2D eigenvalue weighted by atomic mass is 10.1. The van der Waals surface area contributed by atoms with Crippen molar-refractivity contribution in [1.82, 2.24) is 19.6 Å². The Morgan fingerprint density at radius 3 is 2.71 bits per heavy atom. The maximum atomic E-state index is 4.82. The molecule has 0 bridgehead atoms. The van der Waals surface area contributed by atoms with E-state index in [-0.39, 0.29) is 0 Å². The van der Waals surface area contributed by atoms with E-state index in [9.17, 15) is 0 Å². The molecule has 0 aliphatic rings. The Hall–Kier alpha value is -2.27. The smallest absolute Gasteiger partial charge is 0.171 e. The van der Waals surface area contributed by atoms with Gasteiger partial charge in [-0.2, -0.15) is 0 Å². The standard InChI is InChI=1S/C16H11BrN4/c1-10-7-12-14(13(17)8-10)19-15(11-5-3-2-4-6-11)21-9-18-20-16(12)21/h2-9H,1H3. The highest BCUT2D eigenvalue weighted by atomic mass is 79.9. The molecule has 0 aliphatic carbocycles. The number of fused-ring (bicyclic) bond motifs is 3. The van der Waals surface area contributed by atoms with Gasteiger partial charge >= 0.3 is 0 Å². The van der Waals surface area contributed by atoms with Crippen LogP contribution in [0.15, 0.2) is 53.3 Å². The molecule has 0 saturated heterocycles. The molecule has 0 atom stereocenters. The van der Waals surface area contributed by atoms with Crippen LogP contribution in [0.4, 0.5) is 0 Å². The summed E-state index contributed by atoms with van der Waals surface area (Å²) in [7, 11) is 0. The molecule has 0 N–H and O–H groups in total. The lowest BCUT2D eigenvalue weighted by molar-refractivity contribution is 1.09. The van der Waals surface area contributed by atoms with Crippen molar-refractivity contribution in [3.63, 3.8) is 0 Å². The predicted octanol–water partition coefficient (Wildman–Crippen LogP) is 4.02. The van der Waals surface area contributed by atoms with Gasteiger partial charge in [0.15, 0.2) is 5.65 Å². The fourth-order valence-corrected chi connectivity index (χ4v) is 3.21. The van der Waals surface area contributed by atoms with Gasteiger partial charge in [-0.25, -0.2) is 4.98 Å². The first-order valence-electron chi connectivity index (χ1n) is 6.59. The zero-order valence-corrected chi connectivity index (χ0v) is 12.9. The zero-order chi connectivity index (χ0) is 14.4. The Morgan fingerprint density at radius 1 is 1.10 bits per heavy atom. The second kappa shape index (κ2) is 4.63. The maximum absolute atomic E-state index is 4.82. The second-order valence-corrected chi connectivity index (χ2v) is 5.82. The van der Waals surface area contributed by atoms with Gasteiger partial charge in [-0.1, -0.05) is 30.3 Å². The summed E-state index contributed by atoms with van der Waals surface area (Å²) in [5.74, 6) is 0.840. The van der Waals surface area contributed by atoms with Crippen molar-refractivity contribution in [3.8, 4) is 11.4 Å². The van der Waals surface area contributed by atoms with Crippen molar-refractivity contribution in [3.05, 3.63) is 58.8 Å². The SMILES string of the molecule is Cc1cc(Br)c2nc(-c3ccccc3)n3cnnc3c2c1. The van der Waals surface area contributed by atoms with Crippen molar-refractivity contribution in [1.29, 1.82) is 0 Å². The van der Waals surface area contributed by atoms with Crippen molar-refractivity contribution in [2.75, 3.05) is 0 Å². The van der Waals surface area contributed by atoms with Crippen LogP contribution in [0.5, 0.6) is 0 Å². The van der Waals surface area contributed by atoms with Crippen molar-refractivity contribution in [2.45, 2.75) is 6.92 Å². The summed E-state index contributed by atoms with van der Waals surface area (Å²) >= 11 is 3.61. The summed E-state index contributed by atoms with van der Waals surface area (Å²) in [6.45, 7) is 2.06. The molecular weight excluding hydrogens is 328 g/mol. The Balaban J connectivity index is 2.19. The quantitative estimate of drug-likeness (QED) is 0.526. The molecule has 0 saturated carbocycles. The first-order chi connectivity index (χ1) is 10.2. The molecule has 0 radical (unpaired) electrons. The Kier molecular flexibility index (Phi) is 2.75. The fourth-order valence-electron chi connectivity index (χ4n) is 2.54. The number of hydrogen-bond acceptors (Lipinski definition) is 3. The van der Waals surface area contributed by atoms with E-state index >= 15 is 0 Å². The number of rotatable bonds is 1. The topological polar surface area (TPSA) is 43.1 Å². The van der Waals surface area contributed by atoms with Crippen LogP contribution in [0, 0.1) is 6.92 Å². The van der Waals surface area contributed by atoms with Gasteiger partial charge in [-0.05, 0) is 40.5 Å². The van der Waals surface area contributed by atoms with Crippen molar-refractivity contribution >= 4 is 32.5 Å². The van der Waals surface area contributed by atoms with E-state index in [0.29, 0.717) is 0 Å². The third kappa shape index (κ3) is 1.93. The molecule has 0 spiro atoms. The summed E-state index contributed by atoms with van der Waals surface area (Å²) in [6, 6.07) is 14.2. The van der Waals surface area contributed by atoms with Crippen LogP contribution < -0.4 is 0 Å². The van der Waals surface area contributed by atoms with Gasteiger partial charge in [-0.3, -0.25) is 4.40 Å². The van der Waals surface area contributed by atoms with Gasteiger partial charge in [0.05, 0.1) is 5.52 Å². The van der Waals surface area contributed by atoms with E-state index in [0.717, 1.165) is 38.0 Å². The number of aromatic nitrogens is 4. The minimum atomic E-state index is 0.822. The monoisotopic (exact) mass is 338 g/mol. The zero-order valence-electron chi connectivity index (χ0n) is 11.3. The summed E-state index contributed by atoms with van der Waals surface area (Å²) < 4.78 is 2.91. The molecule has 2 heterocycles. The second-order valence-electron chi connectivity index (χ2n) is 4.97. The summed E-state index contributed by atoms with van der Waals surface area (Å²) in [4.78, 5) is 4.82. The molecule has 102 valence electrons. The van der Waals surface area contributed by atoms with Crippen LogP contribution in [0.3, 0.4) is 0 Å². The molecule has 0 aliphatic heterocycles. The van der Waals surface area contributed by atoms with E-state index in [4.69, 9.17) is 4.98 Å². The molecule has 2 aromatic carbocycles. The first-order valence-corrected chi connectivity index (χ1v) is 7.38. The third-order valence-electron chi connectivity index (χ3n) is 3.47. The van der Waals surface area contributed by atoms with Crippen molar-refractivity contribution < 1.29 is 0 Å². The highest BCUT2D eigenvalue weighted by Gasteiger charge is 2.13. The lowest BCUT2D eigenvalue weighted by Gasteiger charge is -2.09. The number of aryl methyl sites for hydroxylation is 1. The highest BCUT2D eigenvalue weighted by molar-refractivity contribution is 9.10. The van der Waals surface area contributed by atoms with Crippen LogP contribution in [-0.2, 0) is 0 Å². The number of benzene rings is 2. The minimum absolute atomic E-state index is 0.822. The molecule has 21 heavy (non-hydrogen) atoms. The lowest BCUT2D eigenvalue weighted by Crippen LogP contribution is -1.98. The molecule has 0 amide bonds. The molecule has 0 unspecified atom stereocenters. The number of nitrogens with zero attached hydrogens (tertiary/aromatic N) is 4. The largest absolute Gasteiger partial charge is 0.265 e. The Labute approximate surface area is 129 Å². The average molecular weight is 339 g/mol. The summed E-state index contributed by atoms with van der Waals surface area (Å²) in [5.41, 5.74) is 3.92. The number of halogens is 1. The summed E-state index contributed by atoms with van der Waals surface area (Å²) in [6.07, 6.45) is 1.71. The van der Waals surface area contributed by atoms with E-state index in [1.165, 1.54) is 0 Å². The molecule has 4 nitrogen and oxygen atoms in total. The maximum Gasteiger partial charge on any atom is 0.171 e. The molecule has 4 aromatic rings.